The summed E-state index contributed by atoms with van der Waals surface area (Å²) in [7, 11) is 2.23. The first-order valence-corrected chi connectivity index (χ1v) is 6.65. The molecule has 1 N–H and O–H groups in total. The zero-order valence-corrected chi connectivity index (χ0v) is 10.5. The van der Waals surface area contributed by atoms with Crippen LogP contribution in [0.15, 0.2) is 0 Å². The lowest BCUT2D eigenvalue weighted by atomic mass is 9.93. The van der Waals surface area contributed by atoms with Gasteiger partial charge in [0.05, 0.1) is 0 Å². The second kappa shape index (κ2) is 4.84. The van der Waals surface area contributed by atoms with Gasteiger partial charge < -0.3 is 10.2 Å². The van der Waals surface area contributed by atoms with E-state index in [1.807, 2.05) is 0 Å². The normalized spacial score (nSPS) is 42.6. The molecule has 2 heteroatoms. The van der Waals surface area contributed by atoms with Gasteiger partial charge in [0.2, 0.25) is 0 Å². The lowest BCUT2D eigenvalue weighted by Gasteiger charge is -2.24. The van der Waals surface area contributed by atoms with Crippen LogP contribution in [0, 0.1) is 11.8 Å². The molecule has 2 fully saturated rings. The molecule has 2 nitrogen and oxygen atoms in total. The Morgan fingerprint density at radius 3 is 2.60 bits per heavy atom. The molecule has 0 spiro atoms. The van der Waals surface area contributed by atoms with Gasteiger partial charge in [0.15, 0.2) is 0 Å². The van der Waals surface area contributed by atoms with E-state index in [2.05, 4.69) is 31.1 Å². The molecule has 2 rings (SSSR count). The molecule has 1 aliphatic heterocycles. The molecule has 1 heterocycles. The van der Waals surface area contributed by atoms with Crippen LogP contribution in [0.4, 0.5) is 0 Å². The third kappa shape index (κ3) is 2.54. The average Bonchev–Trinajstić information content (AvgIpc) is 2.76. The molecular formula is C13H26N2. The van der Waals surface area contributed by atoms with Crippen LogP contribution in [0.25, 0.3) is 0 Å². The molecule has 88 valence electrons. The van der Waals surface area contributed by atoms with E-state index in [-0.39, 0.29) is 0 Å². The Balaban J connectivity index is 1.80. The molecule has 1 saturated heterocycles. The van der Waals surface area contributed by atoms with Crippen molar-refractivity contribution < 1.29 is 0 Å². The summed E-state index contributed by atoms with van der Waals surface area (Å²) in [4.78, 5) is 2.44. The van der Waals surface area contributed by atoms with Crippen molar-refractivity contribution in [3.63, 3.8) is 0 Å². The second-order valence-corrected chi connectivity index (χ2v) is 5.63. The molecule has 0 aromatic carbocycles. The van der Waals surface area contributed by atoms with Crippen LogP contribution in [0.1, 0.15) is 39.5 Å². The van der Waals surface area contributed by atoms with Crippen LogP contribution in [-0.2, 0) is 0 Å². The summed E-state index contributed by atoms with van der Waals surface area (Å²) in [5, 5.41) is 3.88. The SMILES string of the molecule is CCC1CCC(NC2CCN(C)C2)C1C. The van der Waals surface area contributed by atoms with Crippen molar-refractivity contribution in [3.8, 4) is 0 Å². The summed E-state index contributed by atoms with van der Waals surface area (Å²) in [5.74, 6) is 1.86. The Labute approximate surface area is 94.4 Å². The zero-order chi connectivity index (χ0) is 10.8. The summed E-state index contributed by atoms with van der Waals surface area (Å²) in [5.41, 5.74) is 0. The van der Waals surface area contributed by atoms with Crippen LogP contribution < -0.4 is 5.32 Å². The lowest BCUT2D eigenvalue weighted by molar-refractivity contribution is 0.315. The number of hydrogen-bond acceptors (Lipinski definition) is 2. The molecule has 0 bridgehead atoms. The quantitative estimate of drug-likeness (QED) is 0.767. The van der Waals surface area contributed by atoms with Gasteiger partial charge in [-0.1, -0.05) is 20.3 Å². The number of rotatable bonds is 3. The summed E-state index contributed by atoms with van der Waals surface area (Å²) in [6.45, 7) is 7.31. The van der Waals surface area contributed by atoms with Gasteiger partial charge in [-0.05, 0) is 44.7 Å². The van der Waals surface area contributed by atoms with Crippen molar-refractivity contribution in [2.45, 2.75) is 51.6 Å². The lowest BCUT2D eigenvalue weighted by Crippen LogP contribution is -2.41. The zero-order valence-electron chi connectivity index (χ0n) is 10.5. The van der Waals surface area contributed by atoms with Gasteiger partial charge in [-0.2, -0.15) is 0 Å². The second-order valence-electron chi connectivity index (χ2n) is 5.63. The molecule has 0 radical (unpaired) electrons. The van der Waals surface area contributed by atoms with E-state index < -0.39 is 0 Å². The standard InChI is InChI=1S/C13H26N2/c1-4-11-5-6-13(10(11)2)14-12-7-8-15(3)9-12/h10-14H,4-9H2,1-3H3. The average molecular weight is 210 g/mol. The highest BCUT2D eigenvalue weighted by atomic mass is 15.2. The smallest absolute Gasteiger partial charge is 0.0209 e. The highest BCUT2D eigenvalue weighted by Gasteiger charge is 2.33. The molecule has 0 aromatic heterocycles. The summed E-state index contributed by atoms with van der Waals surface area (Å²) < 4.78 is 0. The topological polar surface area (TPSA) is 15.3 Å². The van der Waals surface area contributed by atoms with Crippen LogP contribution in [-0.4, -0.2) is 37.1 Å². The van der Waals surface area contributed by atoms with Crippen LogP contribution in [0.3, 0.4) is 0 Å². The minimum atomic E-state index is 0.762. The molecule has 2 aliphatic rings. The van der Waals surface area contributed by atoms with Gasteiger partial charge in [0.1, 0.15) is 0 Å². The van der Waals surface area contributed by atoms with Gasteiger partial charge in [0.25, 0.3) is 0 Å². The van der Waals surface area contributed by atoms with Crippen molar-refractivity contribution in [2.75, 3.05) is 20.1 Å². The van der Waals surface area contributed by atoms with E-state index in [0.29, 0.717) is 0 Å². The van der Waals surface area contributed by atoms with Gasteiger partial charge >= 0.3 is 0 Å². The molecule has 4 unspecified atom stereocenters. The van der Waals surface area contributed by atoms with E-state index in [4.69, 9.17) is 0 Å². The Morgan fingerprint density at radius 1 is 1.27 bits per heavy atom. The molecule has 4 atom stereocenters. The summed E-state index contributed by atoms with van der Waals surface area (Å²) >= 11 is 0. The molecular weight excluding hydrogens is 184 g/mol. The number of nitrogens with zero attached hydrogens (tertiary/aromatic N) is 1. The predicted molar refractivity (Wildman–Crippen MR) is 65.0 cm³/mol. The minimum Gasteiger partial charge on any atom is -0.310 e. The summed E-state index contributed by atoms with van der Waals surface area (Å²) in [6.07, 6.45) is 5.55. The molecule has 1 aliphatic carbocycles. The molecule has 0 aromatic rings. The number of likely N-dealkylation sites (N-methyl/N-ethyl adjacent to an activating group) is 1. The fourth-order valence-corrected chi connectivity index (χ4v) is 3.43. The minimum absolute atomic E-state index is 0.762. The molecule has 15 heavy (non-hydrogen) atoms. The third-order valence-electron chi connectivity index (χ3n) is 4.59. The summed E-state index contributed by atoms with van der Waals surface area (Å²) in [6, 6.07) is 1.56. The number of likely N-dealkylation sites (tertiary alicyclic amines) is 1. The van der Waals surface area contributed by atoms with Crippen LogP contribution >= 0.6 is 0 Å². The third-order valence-corrected chi connectivity index (χ3v) is 4.59. The van der Waals surface area contributed by atoms with E-state index in [1.54, 1.807) is 0 Å². The molecule has 1 saturated carbocycles. The first-order valence-electron chi connectivity index (χ1n) is 6.65. The maximum Gasteiger partial charge on any atom is 0.0209 e. The largest absolute Gasteiger partial charge is 0.310 e. The van der Waals surface area contributed by atoms with Gasteiger partial charge in [-0.15, -0.1) is 0 Å². The Hall–Kier alpha value is -0.0800. The Kier molecular flexibility index (Phi) is 3.68. The highest BCUT2D eigenvalue weighted by molar-refractivity contribution is 4.90. The van der Waals surface area contributed by atoms with E-state index in [0.717, 1.165) is 23.9 Å². The Morgan fingerprint density at radius 2 is 2.07 bits per heavy atom. The van der Waals surface area contributed by atoms with Crippen molar-refractivity contribution >= 4 is 0 Å². The Bertz CT molecular complexity index is 205. The van der Waals surface area contributed by atoms with Crippen LogP contribution in [0.5, 0.6) is 0 Å². The van der Waals surface area contributed by atoms with Crippen molar-refractivity contribution in [1.82, 2.24) is 10.2 Å². The fourth-order valence-electron chi connectivity index (χ4n) is 3.43. The van der Waals surface area contributed by atoms with Gasteiger partial charge in [-0.25, -0.2) is 0 Å². The first kappa shape index (κ1) is 11.4. The number of nitrogens with one attached hydrogen (secondary N) is 1. The fraction of sp³-hybridized carbons (Fsp3) is 1.00. The van der Waals surface area contributed by atoms with Gasteiger partial charge in [-0.3, -0.25) is 0 Å². The van der Waals surface area contributed by atoms with Gasteiger partial charge in [0, 0.05) is 18.6 Å². The predicted octanol–water partition coefficient (Wildman–Crippen LogP) is 2.10. The van der Waals surface area contributed by atoms with E-state index in [1.165, 1.54) is 38.8 Å². The molecule has 0 amide bonds. The van der Waals surface area contributed by atoms with Crippen LogP contribution in [0.2, 0.25) is 0 Å². The van der Waals surface area contributed by atoms with Crippen molar-refractivity contribution in [1.29, 1.82) is 0 Å². The van der Waals surface area contributed by atoms with E-state index >= 15 is 0 Å². The maximum absolute atomic E-state index is 3.88. The monoisotopic (exact) mass is 210 g/mol. The van der Waals surface area contributed by atoms with Crippen molar-refractivity contribution in [3.05, 3.63) is 0 Å². The van der Waals surface area contributed by atoms with E-state index in [9.17, 15) is 0 Å². The highest BCUT2D eigenvalue weighted by Crippen LogP contribution is 2.34. The first-order chi connectivity index (χ1) is 7.20. The van der Waals surface area contributed by atoms with Crippen molar-refractivity contribution in [2.24, 2.45) is 11.8 Å². The maximum atomic E-state index is 3.88. The number of hydrogen-bond donors (Lipinski definition) is 1.